The number of carbonyl (C=O) groups excluding carboxylic acids is 4. The van der Waals surface area contributed by atoms with Gasteiger partial charge >= 0.3 is 12.1 Å². The van der Waals surface area contributed by atoms with E-state index >= 15 is 0 Å². The van der Waals surface area contributed by atoms with Crippen molar-refractivity contribution in [2.75, 3.05) is 25.5 Å². The van der Waals surface area contributed by atoms with Gasteiger partial charge in [-0.2, -0.15) is 0 Å². The van der Waals surface area contributed by atoms with Crippen LogP contribution >= 0.6 is 0 Å². The van der Waals surface area contributed by atoms with Crippen LogP contribution in [-0.4, -0.2) is 59.9 Å². The van der Waals surface area contributed by atoms with Crippen molar-refractivity contribution in [1.29, 1.82) is 0 Å². The second-order valence-electron chi connectivity index (χ2n) is 7.74. The van der Waals surface area contributed by atoms with Crippen LogP contribution in [0.3, 0.4) is 0 Å². The van der Waals surface area contributed by atoms with Gasteiger partial charge in [-0.05, 0) is 29.3 Å². The van der Waals surface area contributed by atoms with Crippen molar-refractivity contribution in [3.05, 3.63) is 59.2 Å². The predicted molar refractivity (Wildman–Crippen MR) is 115 cm³/mol. The maximum absolute atomic E-state index is 12.5. The van der Waals surface area contributed by atoms with Gasteiger partial charge in [0.2, 0.25) is 5.91 Å². The lowest BCUT2D eigenvalue weighted by Crippen LogP contribution is -2.37. The molecule has 4 N–H and O–H groups in total. The standard InChI is InChI=1S/C22H23N5O5/c1-26-12-19(28)27(22(26)31)11-15-7-6-14(20(23)29)9-17(15)25-21(30)24-10-16-8-13-4-2-3-5-18(13)32-16/h2-7,9,16H,8,10-12H2,1H3,(H2,23,29)(H2,24,25,30)/t16-/m1/s1. The molecule has 2 aromatic rings. The number of urea groups is 2. The molecule has 0 unspecified atom stereocenters. The molecule has 0 radical (unpaired) electrons. The van der Waals surface area contributed by atoms with Crippen LogP contribution in [0, 0.1) is 0 Å². The number of nitrogens with zero attached hydrogens (tertiary/aromatic N) is 2. The van der Waals surface area contributed by atoms with Crippen molar-refractivity contribution in [2.24, 2.45) is 5.73 Å². The van der Waals surface area contributed by atoms with Gasteiger partial charge in [0.25, 0.3) is 5.91 Å². The summed E-state index contributed by atoms with van der Waals surface area (Å²) < 4.78 is 5.81. The van der Waals surface area contributed by atoms with Crippen molar-refractivity contribution in [3.8, 4) is 5.75 Å². The molecule has 0 bridgehead atoms. The van der Waals surface area contributed by atoms with Crippen molar-refractivity contribution in [3.63, 3.8) is 0 Å². The molecule has 1 fully saturated rings. The zero-order chi connectivity index (χ0) is 22.8. The highest BCUT2D eigenvalue weighted by atomic mass is 16.5. The predicted octanol–water partition coefficient (Wildman–Crippen LogP) is 1.30. The summed E-state index contributed by atoms with van der Waals surface area (Å²) in [6.45, 7) is 0.224. The van der Waals surface area contributed by atoms with Crippen LogP contribution in [0.15, 0.2) is 42.5 Å². The molecule has 2 aromatic carbocycles. The molecule has 166 valence electrons. The molecule has 0 aliphatic carbocycles. The number of hydrogen-bond donors (Lipinski definition) is 3. The lowest BCUT2D eigenvalue weighted by atomic mass is 10.1. The molecule has 2 aliphatic rings. The van der Waals surface area contributed by atoms with Crippen LogP contribution in [0.4, 0.5) is 15.3 Å². The Labute approximate surface area is 184 Å². The Bertz CT molecular complexity index is 1080. The zero-order valence-electron chi connectivity index (χ0n) is 17.5. The minimum atomic E-state index is -0.662. The number of imide groups is 1. The first-order valence-corrected chi connectivity index (χ1v) is 10.1. The van der Waals surface area contributed by atoms with E-state index in [1.807, 2.05) is 24.3 Å². The van der Waals surface area contributed by atoms with Gasteiger partial charge < -0.3 is 26.0 Å². The van der Waals surface area contributed by atoms with Crippen LogP contribution in [0.25, 0.3) is 0 Å². The summed E-state index contributed by atoms with van der Waals surface area (Å²) in [5.41, 5.74) is 7.41. The van der Waals surface area contributed by atoms with E-state index in [0.717, 1.165) is 16.2 Å². The molecule has 2 aliphatic heterocycles. The van der Waals surface area contributed by atoms with E-state index in [4.69, 9.17) is 10.5 Å². The lowest BCUT2D eigenvalue weighted by Gasteiger charge is -2.18. The van der Waals surface area contributed by atoms with Crippen LogP contribution in [0.2, 0.25) is 0 Å². The fraction of sp³-hybridized carbons (Fsp3) is 0.273. The number of nitrogens with two attached hydrogens (primary N) is 1. The molecule has 10 nitrogen and oxygen atoms in total. The molecule has 0 aromatic heterocycles. The van der Waals surface area contributed by atoms with E-state index in [1.165, 1.54) is 24.1 Å². The van der Waals surface area contributed by atoms with Gasteiger partial charge in [-0.3, -0.25) is 14.5 Å². The number of anilines is 1. The highest BCUT2D eigenvalue weighted by molar-refractivity contribution is 6.02. The summed E-state index contributed by atoms with van der Waals surface area (Å²) in [5, 5.41) is 5.44. The van der Waals surface area contributed by atoms with Crippen molar-refractivity contribution < 1.29 is 23.9 Å². The van der Waals surface area contributed by atoms with E-state index in [9.17, 15) is 19.2 Å². The number of likely N-dealkylation sites (N-methyl/N-ethyl adjacent to an activating group) is 1. The molecular formula is C22H23N5O5. The van der Waals surface area contributed by atoms with Crippen LogP contribution in [0.1, 0.15) is 21.5 Å². The Morgan fingerprint density at radius 1 is 1.19 bits per heavy atom. The highest BCUT2D eigenvalue weighted by Crippen LogP contribution is 2.28. The van der Waals surface area contributed by atoms with Gasteiger partial charge in [-0.1, -0.05) is 24.3 Å². The van der Waals surface area contributed by atoms with Crippen molar-refractivity contribution in [2.45, 2.75) is 19.1 Å². The Morgan fingerprint density at radius 2 is 1.97 bits per heavy atom. The summed E-state index contributed by atoms with van der Waals surface area (Å²) in [6.07, 6.45) is 0.496. The van der Waals surface area contributed by atoms with E-state index in [2.05, 4.69) is 10.6 Å². The normalized spacial score (nSPS) is 17.2. The molecular weight excluding hydrogens is 414 g/mol. The average Bonchev–Trinajstić information content (AvgIpc) is 3.28. The van der Waals surface area contributed by atoms with Crippen molar-refractivity contribution >= 4 is 29.6 Å². The number of rotatable bonds is 6. The van der Waals surface area contributed by atoms with Crippen molar-refractivity contribution in [1.82, 2.24) is 15.1 Å². The number of nitrogens with one attached hydrogen (secondary N) is 2. The first kappa shape index (κ1) is 21.2. The minimum absolute atomic E-state index is 0.00870. The topological polar surface area (TPSA) is 134 Å². The van der Waals surface area contributed by atoms with Crippen LogP contribution in [-0.2, 0) is 17.8 Å². The highest BCUT2D eigenvalue weighted by Gasteiger charge is 2.34. The smallest absolute Gasteiger partial charge is 0.327 e. The molecule has 2 heterocycles. The summed E-state index contributed by atoms with van der Waals surface area (Å²) in [4.78, 5) is 50.9. The van der Waals surface area contributed by atoms with E-state index in [1.54, 1.807) is 6.07 Å². The summed E-state index contributed by atoms with van der Waals surface area (Å²) >= 11 is 0. The molecule has 1 atom stereocenters. The maximum Gasteiger partial charge on any atom is 0.327 e. The third-order valence-corrected chi connectivity index (χ3v) is 5.41. The average molecular weight is 437 g/mol. The fourth-order valence-corrected chi connectivity index (χ4v) is 3.72. The Balaban J connectivity index is 1.43. The zero-order valence-corrected chi connectivity index (χ0v) is 17.5. The van der Waals surface area contributed by atoms with Gasteiger partial charge in [0.15, 0.2) is 0 Å². The molecule has 0 spiro atoms. The van der Waals surface area contributed by atoms with Gasteiger partial charge in [0, 0.05) is 24.7 Å². The summed E-state index contributed by atoms with van der Waals surface area (Å²) in [6, 6.07) is 11.2. The Hall–Kier alpha value is -4.08. The summed E-state index contributed by atoms with van der Waals surface area (Å²) in [7, 11) is 1.53. The van der Waals surface area contributed by atoms with E-state index in [-0.39, 0.29) is 42.9 Å². The lowest BCUT2D eigenvalue weighted by molar-refractivity contribution is -0.125. The quantitative estimate of drug-likeness (QED) is 0.586. The van der Waals surface area contributed by atoms with Crippen LogP contribution < -0.4 is 21.1 Å². The molecule has 10 heteroatoms. The molecule has 6 amide bonds. The molecule has 0 saturated carbocycles. The largest absolute Gasteiger partial charge is 0.488 e. The second kappa shape index (κ2) is 8.58. The number of ether oxygens (including phenoxy) is 1. The number of carbonyl (C=O) groups is 4. The SMILES string of the molecule is CN1CC(=O)N(Cc2ccc(C(N)=O)cc2NC(=O)NC[C@H]2Cc3ccccc3O2)C1=O. The first-order chi connectivity index (χ1) is 15.3. The molecule has 1 saturated heterocycles. The monoisotopic (exact) mass is 437 g/mol. The fourth-order valence-electron chi connectivity index (χ4n) is 3.72. The van der Waals surface area contributed by atoms with E-state index < -0.39 is 18.0 Å². The number of benzene rings is 2. The van der Waals surface area contributed by atoms with Crippen LogP contribution in [0.5, 0.6) is 5.75 Å². The van der Waals surface area contributed by atoms with Gasteiger partial charge in [-0.25, -0.2) is 9.59 Å². The number of hydrogen-bond acceptors (Lipinski definition) is 5. The van der Waals surface area contributed by atoms with Gasteiger partial charge in [0.1, 0.15) is 18.4 Å². The number of primary amides is 1. The minimum Gasteiger partial charge on any atom is -0.488 e. The number of amides is 6. The molecule has 4 rings (SSSR count). The Kier molecular flexibility index (Phi) is 5.67. The number of fused-ring (bicyclic) bond motifs is 1. The van der Waals surface area contributed by atoms with Gasteiger partial charge in [-0.15, -0.1) is 0 Å². The molecule has 32 heavy (non-hydrogen) atoms. The van der Waals surface area contributed by atoms with E-state index in [0.29, 0.717) is 12.0 Å². The second-order valence-corrected chi connectivity index (χ2v) is 7.74. The van der Waals surface area contributed by atoms with Gasteiger partial charge in [0.05, 0.1) is 13.1 Å². The maximum atomic E-state index is 12.5. The first-order valence-electron chi connectivity index (χ1n) is 10.1. The Morgan fingerprint density at radius 3 is 2.66 bits per heavy atom. The number of para-hydroxylation sites is 1. The third kappa shape index (κ3) is 4.34. The third-order valence-electron chi connectivity index (χ3n) is 5.41. The summed E-state index contributed by atoms with van der Waals surface area (Å²) in [5.74, 6) is -0.198.